The number of fused-ring (bicyclic) bond motifs is 1. The first-order chi connectivity index (χ1) is 16.4. The molecule has 4 aromatic heterocycles. The molecular formula is C24H21FN7O2+. The molecule has 0 bridgehead atoms. The average molecular weight is 458 g/mol. The predicted molar refractivity (Wildman–Crippen MR) is 123 cm³/mol. The third-order valence-electron chi connectivity index (χ3n) is 5.43. The van der Waals surface area contributed by atoms with Gasteiger partial charge in [-0.2, -0.15) is 4.68 Å². The van der Waals surface area contributed by atoms with Gasteiger partial charge in [0, 0.05) is 11.3 Å². The van der Waals surface area contributed by atoms with Crippen LogP contribution < -0.4 is 16.4 Å². The Kier molecular flexibility index (Phi) is 5.34. The summed E-state index contributed by atoms with van der Waals surface area (Å²) in [6.45, 7) is 1.63. The van der Waals surface area contributed by atoms with E-state index in [1.807, 2.05) is 43.3 Å². The van der Waals surface area contributed by atoms with E-state index >= 15 is 0 Å². The summed E-state index contributed by atoms with van der Waals surface area (Å²) in [5.41, 5.74) is 10.7. The number of nitrogens with one attached hydrogen (secondary N) is 1. The smallest absolute Gasteiger partial charge is 0.390 e. The van der Waals surface area contributed by atoms with Crippen molar-refractivity contribution in [3.05, 3.63) is 94.2 Å². The highest BCUT2D eigenvalue weighted by Gasteiger charge is 2.26. The standard InChI is InChI=1S/C24H20FN7O2/c1-14-9-16(10-19(13-33)28-14)20-21(15-5-3-2-4-6-15)29-23(26)32-22(20)30-31(24(32)34)12-18-8-7-17(25)11-27-18/h2-11,33H,12-13H2,1H3,(H2,26,29)/p+1. The van der Waals surface area contributed by atoms with Crippen molar-refractivity contribution >= 4 is 11.6 Å². The van der Waals surface area contributed by atoms with Crippen molar-refractivity contribution in [1.82, 2.24) is 24.1 Å². The van der Waals surface area contributed by atoms with E-state index in [0.717, 1.165) is 11.8 Å². The van der Waals surface area contributed by atoms with Gasteiger partial charge in [-0.05, 0) is 36.8 Å². The van der Waals surface area contributed by atoms with Gasteiger partial charge in [-0.3, -0.25) is 15.7 Å². The van der Waals surface area contributed by atoms with Crippen molar-refractivity contribution in [3.63, 3.8) is 0 Å². The van der Waals surface area contributed by atoms with E-state index in [4.69, 9.17) is 5.73 Å². The van der Waals surface area contributed by atoms with Crippen LogP contribution in [0.2, 0.25) is 0 Å². The van der Waals surface area contributed by atoms with Crippen LogP contribution in [0, 0.1) is 12.7 Å². The fraction of sp³-hybridized carbons (Fsp3) is 0.125. The van der Waals surface area contributed by atoms with E-state index < -0.39 is 11.5 Å². The van der Waals surface area contributed by atoms with Crippen LogP contribution in [0.25, 0.3) is 28.0 Å². The summed E-state index contributed by atoms with van der Waals surface area (Å²) < 4.78 is 15.8. The minimum atomic E-state index is -0.469. The largest absolute Gasteiger partial charge is 0.411 e. The predicted octanol–water partition coefficient (Wildman–Crippen LogP) is 2.00. The van der Waals surface area contributed by atoms with Crippen LogP contribution in [0.4, 0.5) is 10.3 Å². The van der Waals surface area contributed by atoms with Gasteiger partial charge in [0.1, 0.15) is 11.5 Å². The molecule has 0 unspecified atom stereocenters. The number of hydrogen-bond donors (Lipinski definition) is 2. The number of hydrogen-bond acceptors (Lipinski definition) is 6. The van der Waals surface area contributed by atoms with Crippen molar-refractivity contribution in [2.45, 2.75) is 20.1 Å². The summed E-state index contributed by atoms with van der Waals surface area (Å²) in [6, 6.07) is 15.9. The Labute approximate surface area is 193 Å². The molecule has 0 aliphatic heterocycles. The monoisotopic (exact) mass is 458 g/mol. The molecule has 34 heavy (non-hydrogen) atoms. The van der Waals surface area contributed by atoms with Crippen LogP contribution in [0.5, 0.6) is 0 Å². The third kappa shape index (κ3) is 3.80. The number of aromatic nitrogens is 6. The number of pyridine rings is 2. The Balaban J connectivity index is 1.81. The van der Waals surface area contributed by atoms with Crippen LogP contribution in [0.3, 0.4) is 0 Å². The molecule has 9 nitrogen and oxygen atoms in total. The van der Waals surface area contributed by atoms with Crippen LogP contribution in [-0.2, 0) is 13.2 Å². The van der Waals surface area contributed by atoms with E-state index in [2.05, 4.69) is 20.1 Å². The van der Waals surface area contributed by atoms with Gasteiger partial charge in [-0.25, -0.2) is 14.2 Å². The summed E-state index contributed by atoms with van der Waals surface area (Å²) in [6.07, 6.45) is 1.09. The topological polar surface area (TPSA) is 125 Å². The van der Waals surface area contributed by atoms with E-state index in [1.54, 1.807) is 6.07 Å². The van der Waals surface area contributed by atoms with Gasteiger partial charge in [0.2, 0.25) is 5.65 Å². The highest BCUT2D eigenvalue weighted by Crippen LogP contribution is 2.33. The first-order valence-electron chi connectivity index (χ1n) is 10.5. The molecule has 0 amide bonds. The molecule has 0 spiro atoms. The van der Waals surface area contributed by atoms with Gasteiger partial charge >= 0.3 is 11.6 Å². The SMILES string of the molecule is Cc1cc(-c2c(-c3ccccc3)[nH+]c(N)n3c(=O)n(Cc4ccc(F)cn4)nc23)cc(CO)n1. The fourth-order valence-electron chi connectivity index (χ4n) is 3.96. The fourth-order valence-corrected chi connectivity index (χ4v) is 3.96. The maximum absolute atomic E-state index is 13.3. The average Bonchev–Trinajstić information content (AvgIpc) is 3.16. The van der Waals surface area contributed by atoms with Crippen molar-refractivity contribution in [3.8, 4) is 22.4 Å². The molecule has 0 atom stereocenters. The molecular weight excluding hydrogens is 437 g/mol. The molecule has 0 aliphatic rings. The number of anilines is 1. The number of aryl methyl sites for hydroxylation is 1. The normalized spacial score (nSPS) is 11.3. The minimum absolute atomic E-state index is 0.0393. The van der Waals surface area contributed by atoms with E-state index in [-0.39, 0.29) is 19.1 Å². The first-order valence-corrected chi connectivity index (χ1v) is 10.5. The van der Waals surface area contributed by atoms with Crippen LogP contribution in [-0.4, -0.2) is 29.3 Å². The lowest BCUT2D eigenvalue weighted by Gasteiger charge is -2.10. The van der Waals surface area contributed by atoms with Gasteiger partial charge in [0.15, 0.2) is 0 Å². The van der Waals surface area contributed by atoms with E-state index in [1.165, 1.54) is 21.2 Å². The molecule has 10 heteroatoms. The highest BCUT2D eigenvalue weighted by molar-refractivity contribution is 5.88. The second kappa shape index (κ2) is 8.49. The molecule has 4 heterocycles. The molecule has 0 saturated carbocycles. The number of nitrogen functional groups attached to an aromatic ring is 1. The molecule has 0 saturated heterocycles. The maximum atomic E-state index is 13.3. The van der Waals surface area contributed by atoms with Gasteiger partial charge in [0.05, 0.1) is 36.3 Å². The number of halogens is 1. The van der Waals surface area contributed by atoms with Gasteiger partial charge < -0.3 is 5.11 Å². The number of H-pyrrole nitrogens is 1. The number of nitrogens with zero attached hydrogens (tertiary/aromatic N) is 5. The van der Waals surface area contributed by atoms with Crippen LogP contribution in [0.15, 0.2) is 65.6 Å². The Hall–Kier alpha value is -4.44. The quantitative estimate of drug-likeness (QED) is 0.415. The van der Waals surface area contributed by atoms with Crippen molar-refractivity contribution in [1.29, 1.82) is 0 Å². The summed E-state index contributed by atoms with van der Waals surface area (Å²) in [5.74, 6) is -0.360. The zero-order valence-corrected chi connectivity index (χ0v) is 18.2. The molecule has 5 aromatic rings. The summed E-state index contributed by atoms with van der Waals surface area (Å²) in [4.78, 5) is 24.8. The molecule has 5 rings (SSSR count). The van der Waals surface area contributed by atoms with Crippen molar-refractivity contribution in [2.75, 3.05) is 5.73 Å². The lowest BCUT2D eigenvalue weighted by atomic mass is 9.99. The van der Waals surface area contributed by atoms with Crippen molar-refractivity contribution in [2.24, 2.45) is 0 Å². The molecule has 0 aliphatic carbocycles. The van der Waals surface area contributed by atoms with Gasteiger partial charge in [-0.15, -0.1) is 9.50 Å². The second-order valence-corrected chi connectivity index (χ2v) is 7.84. The molecule has 170 valence electrons. The summed E-state index contributed by atoms with van der Waals surface area (Å²) >= 11 is 0. The third-order valence-corrected chi connectivity index (χ3v) is 5.43. The number of aliphatic hydroxyl groups is 1. The Morgan fingerprint density at radius 1 is 1.09 bits per heavy atom. The second-order valence-electron chi connectivity index (χ2n) is 7.84. The van der Waals surface area contributed by atoms with E-state index in [0.29, 0.717) is 39.5 Å². The van der Waals surface area contributed by atoms with Crippen LogP contribution >= 0.6 is 0 Å². The lowest BCUT2D eigenvalue weighted by Crippen LogP contribution is -2.28. The van der Waals surface area contributed by atoms with E-state index in [9.17, 15) is 14.3 Å². The zero-order valence-electron chi connectivity index (χ0n) is 18.2. The highest BCUT2D eigenvalue weighted by atomic mass is 19.1. The molecule has 0 radical (unpaired) electrons. The Bertz CT molecular complexity index is 1560. The van der Waals surface area contributed by atoms with Crippen molar-refractivity contribution < 1.29 is 14.5 Å². The number of aromatic amines is 1. The van der Waals surface area contributed by atoms with Gasteiger partial charge in [-0.1, -0.05) is 30.3 Å². The number of nitrogens with two attached hydrogens (primary N) is 1. The number of benzene rings is 1. The molecule has 4 N–H and O–H groups in total. The number of rotatable bonds is 5. The lowest BCUT2D eigenvalue weighted by molar-refractivity contribution is -0.351. The Morgan fingerprint density at radius 3 is 2.59 bits per heavy atom. The molecule has 1 aromatic carbocycles. The zero-order chi connectivity index (χ0) is 23.8. The molecule has 0 fully saturated rings. The first kappa shape index (κ1) is 21.4. The summed E-state index contributed by atoms with van der Waals surface area (Å²) in [5, 5.41) is 14.3. The van der Waals surface area contributed by atoms with Gasteiger partial charge in [0.25, 0.3) is 0 Å². The maximum Gasteiger partial charge on any atom is 0.411 e. The van der Waals surface area contributed by atoms with Crippen LogP contribution in [0.1, 0.15) is 17.1 Å². The summed E-state index contributed by atoms with van der Waals surface area (Å²) in [7, 11) is 0. The minimum Gasteiger partial charge on any atom is -0.390 e. The number of aliphatic hydroxyl groups excluding tert-OH is 1. The Morgan fingerprint density at radius 2 is 1.88 bits per heavy atom.